The molecule has 0 radical (unpaired) electrons. The maximum absolute atomic E-state index is 14.4. The lowest BCUT2D eigenvalue weighted by atomic mass is 9.85. The number of hydrogen-bond donors (Lipinski definition) is 3. The zero-order valence-electron chi connectivity index (χ0n) is 29.2. The van der Waals surface area contributed by atoms with Crippen molar-refractivity contribution in [3.8, 4) is 5.88 Å². The van der Waals surface area contributed by atoms with Crippen molar-refractivity contribution in [3.63, 3.8) is 0 Å². The molecule has 3 N–H and O–H groups in total. The summed E-state index contributed by atoms with van der Waals surface area (Å²) in [6.07, 6.45) is 2.84. The third-order valence-electron chi connectivity index (χ3n) is 9.11. The number of benzene rings is 1. The number of rotatable bonds is 10. The van der Waals surface area contributed by atoms with Crippen LogP contribution in [0.2, 0.25) is 0 Å². The van der Waals surface area contributed by atoms with Gasteiger partial charge in [0.05, 0.1) is 11.8 Å². The van der Waals surface area contributed by atoms with Crippen LogP contribution in [-0.4, -0.2) is 83.2 Å². The summed E-state index contributed by atoms with van der Waals surface area (Å²) < 4.78 is 39.3. The van der Waals surface area contributed by atoms with Gasteiger partial charge in [-0.05, 0) is 69.4 Å². The van der Waals surface area contributed by atoms with Gasteiger partial charge in [-0.25, -0.2) is 18.2 Å². The van der Waals surface area contributed by atoms with E-state index in [0.29, 0.717) is 18.7 Å². The van der Waals surface area contributed by atoms with Crippen LogP contribution in [0.4, 0.5) is 4.79 Å². The summed E-state index contributed by atoms with van der Waals surface area (Å²) in [5, 5.41) is 6.56. The van der Waals surface area contributed by atoms with E-state index in [4.69, 9.17) is 9.47 Å². The van der Waals surface area contributed by atoms with E-state index >= 15 is 0 Å². The van der Waals surface area contributed by atoms with Crippen LogP contribution in [0.1, 0.15) is 72.8 Å². The molecular weight excluding hydrogens is 650 g/mol. The van der Waals surface area contributed by atoms with E-state index in [1.807, 2.05) is 31.2 Å². The Hall–Kier alpha value is -4.20. The van der Waals surface area contributed by atoms with Crippen LogP contribution >= 0.6 is 0 Å². The second-order valence-electron chi connectivity index (χ2n) is 15.4. The molecule has 0 unspecified atom stereocenters. The highest BCUT2D eigenvalue weighted by Crippen LogP contribution is 2.45. The fraction of sp³-hybridized carbons (Fsp3) is 0.571. The lowest BCUT2D eigenvalue weighted by Gasteiger charge is -2.36. The Morgan fingerprint density at radius 1 is 1.08 bits per heavy atom. The van der Waals surface area contributed by atoms with Crippen LogP contribution in [0.3, 0.4) is 0 Å². The van der Waals surface area contributed by atoms with E-state index in [0.717, 1.165) is 16.3 Å². The molecule has 13 nitrogen and oxygen atoms in total. The minimum absolute atomic E-state index is 0.0243. The number of carbonyl (C=O) groups excluding carboxylic acids is 4. The van der Waals surface area contributed by atoms with Crippen molar-refractivity contribution in [1.82, 2.24) is 25.2 Å². The monoisotopic (exact) mass is 697 g/mol. The zero-order valence-corrected chi connectivity index (χ0v) is 30.0. The number of alkyl carbamates (subject to hydrolysis) is 1. The maximum Gasteiger partial charge on any atom is 0.408 e. The van der Waals surface area contributed by atoms with Gasteiger partial charge in [0.25, 0.3) is 5.91 Å². The number of carbonyl (C=O) groups is 4. The van der Waals surface area contributed by atoms with Crippen molar-refractivity contribution in [2.75, 3.05) is 6.54 Å². The van der Waals surface area contributed by atoms with Gasteiger partial charge in [0, 0.05) is 23.9 Å². The molecule has 0 spiro atoms. The van der Waals surface area contributed by atoms with Crippen molar-refractivity contribution in [2.24, 2.45) is 11.3 Å². The molecule has 5 atom stereocenters. The largest absolute Gasteiger partial charge is 0.472 e. The van der Waals surface area contributed by atoms with Crippen LogP contribution in [0, 0.1) is 18.3 Å². The standard InChI is InChI=1S/C35H47N5O8S/c1-9-21-17-35(21,31(43)39-49(45,46)23-14-15-23)38-28(41)26-16-22(47-29-25-13-11-10-12-24(25)20(2)18-36-29)19-40(26)30(42)27(33(3,4)5)37-32(44)48-34(6,7)8/h9-13,18,21-23,26-27H,1,14-17,19H2,2-8H3,(H,37,44)(H,38,41)(H,39,43)/t21-,22-,26-,27-,35-/m1/s1. The minimum atomic E-state index is -3.89. The van der Waals surface area contributed by atoms with Crippen LogP contribution < -0.4 is 20.1 Å². The number of aryl methyl sites for hydroxylation is 1. The van der Waals surface area contributed by atoms with E-state index < -0.39 is 79.7 Å². The maximum atomic E-state index is 14.4. The number of likely N-dealkylation sites (tertiary alicyclic amines) is 1. The van der Waals surface area contributed by atoms with Crippen molar-refractivity contribution in [1.29, 1.82) is 0 Å². The van der Waals surface area contributed by atoms with Crippen LogP contribution in [-0.2, 0) is 29.1 Å². The van der Waals surface area contributed by atoms with Crippen molar-refractivity contribution < 1.29 is 37.1 Å². The summed E-state index contributed by atoms with van der Waals surface area (Å²) >= 11 is 0. The molecule has 2 aromatic rings. The first-order valence-electron chi connectivity index (χ1n) is 16.6. The van der Waals surface area contributed by atoms with E-state index in [1.54, 1.807) is 47.7 Å². The SMILES string of the molecule is C=C[C@@H]1C[C@]1(NC(=O)[C@H]1C[C@@H](Oc2ncc(C)c3ccccc23)CN1C(=O)[C@@H](NC(=O)OC(C)(C)C)C(C)(C)C)C(=O)NS(=O)(=O)C1CC1. The van der Waals surface area contributed by atoms with Gasteiger partial charge in [-0.2, -0.15) is 0 Å². The molecule has 1 aromatic heterocycles. The highest BCUT2D eigenvalue weighted by Gasteiger charge is 2.62. The lowest BCUT2D eigenvalue weighted by molar-refractivity contribution is -0.143. The molecule has 2 saturated carbocycles. The molecule has 49 heavy (non-hydrogen) atoms. The number of aromatic nitrogens is 1. The van der Waals surface area contributed by atoms with Gasteiger partial charge in [-0.3, -0.25) is 19.1 Å². The molecule has 266 valence electrons. The van der Waals surface area contributed by atoms with Gasteiger partial charge in [0.15, 0.2) is 0 Å². The normalized spacial score (nSPS) is 24.5. The van der Waals surface area contributed by atoms with Gasteiger partial charge in [-0.15, -0.1) is 6.58 Å². The lowest BCUT2D eigenvalue weighted by Crippen LogP contribution is -2.60. The predicted molar refractivity (Wildman–Crippen MR) is 183 cm³/mol. The molecule has 2 heterocycles. The van der Waals surface area contributed by atoms with Gasteiger partial charge >= 0.3 is 6.09 Å². The highest BCUT2D eigenvalue weighted by molar-refractivity contribution is 7.91. The molecule has 1 aromatic carbocycles. The number of ether oxygens (including phenoxy) is 2. The Bertz CT molecular complexity index is 1780. The quantitative estimate of drug-likeness (QED) is 0.314. The minimum Gasteiger partial charge on any atom is -0.472 e. The first-order chi connectivity index (χ1) is 22.8. The number of nitrogens with one attached hydrogen (secondary N) is 3. The number of pyridine rings is 1. The van der Waals surface area contributed by atoms with Gasteiger partial charge in [-0.1, -0.05) is 45.0 Å². The first-order valence-corrected chi connectivity index (χ1v) is 18.1. The summed E-state index contributed by atoms with van der Waals surface area (Å²) in [5.74, 6) is -2.21. The van der Waals surface area contributed by atoms with Crippen LogP contribution in [0.5, 0.6) is 5.88 Å². The first kappa shape index (κ1) is 36.1. The summed E-state index contributed by atoms with van der Waals surface area (Å²) in [7, 11) is -3.89. The molecule has 1 aliphatic heterocycles. The Balaban J connectivity index is 1.44. The predicted octanol–water partition coefficient (Wildman–Crippen LogP) is 3.50. The van der Waals surface area contributed by atoms with Gasteiger partial charge in [0.1, 0.15) is 29.3 Å². The average molecular weight is 698 g/mol. The smallest absolute Gasteiger partial charge is 0.408 e. The molecule has 3 aliphatic rings. The topological polar surface area (TPSA) is 173 Å². The highest BCUT2D eigenvalue weighted by atomic mass is 32.2. The Morgan fingerprint density at radius 3 is 2.31 bits per heavy atom. The molecule has 14 heteroatoms. The van der Waals surface area contributed by atoms with Crippen molar-refractivity contribution in [3.05, 3.63) is 48.7 Å². The fourth-order valence-electron chi connectivity index (χ4n) is 6.19. The fourth-order valence-corrected chi connectivity index (χ4v) is 7.56. The van der Waals surface area contributed by atoms with Crippen LogP contribution in [0.25, 0.3) is 10.8 Å². The summed E-state index contributed by atoms with van der Waals surface area (Å²) in [5.41, 5.74) is -2.20. The van der Waals surface area contributed by atoms with E-state index in [1.165, 1.54) is 11.0 Å². The third-order valence-corrected chi connectivity index (χ3v) is 10.9. The molecule has 0 bridgehead atoms. The number of sulfonamides is 1. The average Bonchev–Trinajstić information content (AvgIpc) is 3.92. The number of amides is 4. The van der Waals surface area contributed by atoms with Gasteiger partial charge < -0.3 is 25.0 Å². The molecule has 3 fully saturated rings. The number of nitrogens with zero attached hydrogens (tertiary/aromatic N) is 2. The van der Waals surface area contributed by atoms with E-state index in [-0.39, 0.29) is 19.4 Å². The van der Waals surface area contributed by atoms with Crippen molar-refractivity contribution in [2.45, 2.75) is 109 Å². The molecule has 2 aliphatic carbocycles. The second kappa shape index (κ2) is 12.9. The van der Waals surface area contributed by atoms with Crippen molar-refractivity contribution >= 4 is 44.6 Å². The summed E-state index contributed by atoms with van der Waals surface area (Å²) in [4.78, 5) is 60.7. The Labute approximate surface area is 287 Å². The van der Waals surface area contributed by atoms with E-state index in [2.05, 4.69) is 26.9 Å². The van der Waals surface area contributed by atoms with E-state index in [9.17, 15) is 27.6 Å². The molecule has 5 rings (SSSR count). The number of hydrogen-bond acceptors (Lipinski definition) is 9. The number of fused-ring (bicyclic) bond motifs is 1. The summed E-state index contributed by atoms with van der Waals surface area (Å²) in [6.45, 7) is 16.2. The molecule has 4 amide bonds. The second-order valence-corrected chi connectivity index (χ2v) is 17.4. The molecule has 1 saturated heterocycles. The zero-order chi connectivity index (χ0) is 36.1. The Kier molecular flexibility index (Phi) is 9.52. The Morgan fingerprint density at radius 2 is 1.73 bits per heavy atom. The third kappa shape index (κ3) is 7.84. The van der Waals surface area contributed by atoms with Crippen LogP contribution in [0.15, 0.2) is 43.1 Å². The van der Waals surface area contributed by atoms with Gasteiger partial charge in [0.2, 0.25) is 27.7 Å². The molecular formula is C35H47N5O8S. The summed E-state index contributed by atoms with van der Waals surface area (Å²) in [6, 6.07) is 5.39.